The summed E-state index contributed by atoms with van der Waals surface area (Å²) in [7, 11) is 7.92. The van der Waals surface area contributed by atoms with Crippen molar-refractivity contribution in [1.29, 1.82) is 0 Å². The first-order valence-corrected chi connectivity index (χ1v) is 47.1. The number of nitrogens with zero attached hydrogens (tertiary/aromatic N) is 8. The maximum absolute atomic E-state index is 14.3. The fourth-order valence-electron chi connectivity index (χ4n) is 18.9. The van der Waals surface area contributed by atoms with Crippen molar-refractivity contribution in [1.82, 2.24) is 34.2 Å². The van der Waals surface area contributed by atoms with Gasteiger partial charge >= 0.3 is 5.97 Å². The fourth-order valence-corrected chi connectivity index (χ4v) is 19.5. The average molecular weight is 1880 g/mol. The number of aromatic carboxylic acids is 1. The molecule has 1 fully saturated rings. The van der Waals surface area contributed by atoms with Gasteiger partial charge in [0.1, 0.15) is 23.9 Å². The van der Waals surface area contributed by atoms with Gasteiger partial charge in [-0.2, -0.15) is 15.3 Å². The predicted molar refractivity (Wildman–Crippen MR) is 540 cm³/mol. The number of carbonyl (C=O) groups is 5. The number of nitrogens with one attached hydrogen (secondary N) is 3. The Bertz CT molecular complexity index is 6590. The summed E-state index contributed by atoms with van der Waals surface area (Å²) in [5.74, 6) is 0.872. The Kier molecular flexibility index (Phi) is 31.2. The number of anilines is 4. The van der Waals surface area contributed by atoms with Gasteiger partial charge in [0.2, 0.25) is 0 Å². The molecule has 0 spiro atoms. The highest BCUT2D eigenvalue weighted by Crippen LogP contribution is 2.49. The topological polar surface area (TPSA) is 239 Å². The van der Waals surface area contributed by atoms with Gasteiger partial charge in [0, 0.05) is 165 Å². The van der Waals surface area contributed by atoms with E-state index in [1.165, 1.54) is 17.2 Å². The Morgan fingerprint density at radius 1 is 0.418 bits per heavy atom. The molecule has 21 nitrogen and oxygen atoms in total. The highest BCUT2D eigenvalue weighted by molar-refractivity contribution is 6.34. The first-order chi connectivity index (χ1) is 64.2. The van der Waals surface area contributed by atoms with Gasteiger partial charge in [0.15, 0.2) is 0 Å². The molecule has 12 aromatic rings. The average Bonchev–Trinajstić information content (AvgIpc) is 1.60. The minimum absolute atomic E-state index is 0.0455. The van der Waals surface area contributed by atoms with Gasteiger partial charge in [-0.05, 0) is 326 Å². The van der Waals surface area contributed by atoms with Crippen molar-refractivity contribution >= 4 is 116 Å². The van der Waals surface area contributed by atoms with E-state index in [0.717, 1.165) is 258 Å². The van der Waals surface area contributed by atoms with Crippen LogP contribution in [-0.4, -0.2) is 123 Å². The molecule has 3 aromatic heterocycles. The van der Waals surface area contributed by atoms with Crippen LogP contribution in [0.1, 0.15) is 168 Å². The number of benzene rings is 9. The number of piperazine rings is 1. The molecule has 25 heteroatoms. The highest BCUT2D eigenvalue weighted by Gasteiger charge is 2.35. The molecule has 4 heterocycles. The summed E-state index contributed by atoms with van der Waals surface area (Å²) in [5, 5.41) is 36.1. The van der Waals surface area contributed by atoms with E-state index in [0.29, 0.717) is 86.8 Å². The lowest BCUT2D eigenvalue weighted by Gasteiger charge is -2.34. The molecule has 3 aliphatic carbocycles. The number of hydrogen-bond donors (Lipinski definition) is 4. The minimum Gasteiger partial charge on any atom is -0.494 e. The Labute approximate surface area is 805 Å². The Morgan fingerprint density at radius 3 is 1.22 bits per heavy atom. The number of ether oxygens (including phenoxy) is 4. The lowest BCUT2D eigenvalue weighted by atomic mass is 9.93. The van der Waals surface area contributed by atoms with Crippen molar-refractivity contribution in [3.05, 3.63) is 306 Å². The van der Waals surface area contributed by atoms with Crippen molar-refractivity contribution in [3.63, 3.8) is 0 Å². The van der Waals surface area contributed by atoms with Crippen molar-refractivity contribution in [3.8, 4) is 50.6 Å². The molecular weight excluding hydrogens is 1770 g/mol. The Morgan fingerprint density at radius 2 is 0.813 bits per heavy atom. The quantitative estimate of drug-likeness (QED) is 0.0242. The van der Waals surface area contributed by atoms with Crippen LogP contribution in [0.5, 0.6) is 17.2 Å². The summed E-state index contributed by atoms with van der Waals surface area (Å²) < 4.78 is 28.9. The molecule has 0 radical (unpaired) electrons. The van der Waals surface area contributed by atoms with E-state index in [4.69, 9.17) is 65.4 Å². The van der Waals surface area contributed by atoms with E-state index in [1.807, 2.05) is 188 Å². The second kappa shape index (κ2) is 42.8. The van der Waals surface area contributed by atoms with Crippen LogP contribution in [0.4, 0.5) is 22.7 Å². The highest BCUT2D eigenvalue weighted by atomic mass is 35.5. The maximum Gasteiger partial charge on any atom is 0.335 e. The van der Waals surface area contributed by atoms with Crippen LogP contribution >= 0.6 is 46.4 Å². The number of halogens is 4. The summed E-state index contributed by atoms with van der Waals surface area (Å²) in [4.78, 5) is 69.1. The lowest BCUT2D eigenvalue weighted by Crippen LogP contribution is -2.44. The second-order valence-corrected chi connectivity index (χ2v) is 36.9. The number of amides is 3. The summed E-state index contributed by atoms with van der Waals surface area (Å²) in [6.07, 6.45) is 6.65. The number of carbonyl (C=O) groups excluding carboxylic acids is 4. The normalized spacial score (nSPS) is 13.3. The molecule has 9 aromatic carbocycles. The zero-order valence-corrected chi connectivity index (χ0v) is 82.5. The molecule has 696 valence electrons. The molecule has 3 amide bonds. The van der Waals surface area contributed by atoms with Crippen molar-refractivity contribution < 1.29 is 48.0 Å². The molecular formula is C109H117Cl4N11O10. The molecule has 0 saturated carbocycles. The first-order valence-electron chi connectivity index (χ1n) is 45.6. The monoisotopic (exact) mass is 1880 g/mol. The summed E-state index contributed by atoms with van der Waals surface area (Å²) in [5.41, 5.74) is 34.9. The van der Waals surface area contributed by atoms with Crippen LogP contribution in [0.3, 0.4) is 0 Å². The maximum atomic E-state index is 14.3. The van der Waals surface area contributed by atoms with Crippen LogP contribution < -0.4 is 35.1 Å². The smallest absolute Gasteiger partial charge is 0.335 e. The van der Waals surface area contributed by atoms with E-state index in [9.17, 15) is 29.1 Å². The third kappa shape index (κ3) is 21.8. The molecule has 4 N–H and O–H groups in total. The number of rotatable bonds is 30. The number of fused-ring (bicyclic) bond motifs is 3. The van der Waals surface area contributed by atoms with Crippen LogP contribution in [0.25, 0.3) is 50.1 Å². The van der Waals surface area contributed by atoms with Crippen molar-refractivity contribution in [2.75, 3.05) is 73.9 Å². The number of hydrogen-bond acceptors (Lipinski definition) is 14. The number of carboxylic acid groups (broad SMARTS) is 1. The van der Waals surface area contributed by atoms with Crippen molar-refractivity contribution in [2.45, 2.75) is 161 Å². The molecule has 1 saturated heterocycles. The third-order valence-electron chi connectivity index (χ3n) is 26.0. The van der Waals surface area contributed by atoms with Crippen LogP contribution in [0.15, 0.2) is 168 Å². The van der Waals surface area contributed by atoms with Crippen LogP contribution in [0, 0.1) is 83.1 Å². The van der Waals surface area contributed by atoms with Gasteiger partial charge in [0.05, 0.1) is 42.5 Å². The number of carboxylic acids is 1. The largest absolute Gasteiger partial charge is 0.494 e. The summed E-state index contributed by atoms with van der Waals surface area (Å²) >= 11 is 26.0. The van der Waals surface area contributed by atoms with Gasteiger partial charge in [-0.25, -0.2) is 4.79 Å². The lowest BCUT2D eigenvalue weighted by molar-refractivity contribution is -0.129. The Hall–Kier alpha value is -12.5. The molecule has 0 bridgehead atoms. The van der Waals surface area contributed by atoms with Gasteiger partial charge < -0.3 is 49.8 Å². The van der Waals surface area contributed by atoms with Gasteiger partial charge in [-0.1, -0.05) is 120 Å². The zero-order chi connectivity index (χ0) is 95.8. The number of likely N-dealkylation sites (N-methyl/N-ethyl adjacent to an activating group) is 1. The molecule has 134 heavy (non-hydrogen) atoms. The standard InChI is InChI=1S/C39H43Cl2N5O4.C35H36ClN3O4.C35H38ClN3O2/c1-22-16-29(17-23(2)37(22)41)50-15-7-8-30-31-9-10-34(40)36(35-24(3)43-45(6)25(35)4)32(31)21-33(30)38(47)42-27-18-26(39(48)49)19-28(20-27)46-13-11-44(5)12-14-46;1-21-15-27(16-22(2)34(21)36)43-14-8-13-29-28-11-7-12-30(33-23(3)38-39(5)24(33)4)31(28)18-32(29)35(41)37-26-10-6-9-25(17-26)19-42-20-40;1-7-25-13-15-26(16-14-25)37-35(40)32-20-31-28(10-8-11-30(31)33-23(4)38-39(6)24(33)5)29(32)12-9-17-41-27-18-21(2)34(36)22(3)19-27/h9-10,16-20H,7-8,11-15,21H2,1-6H3,(H,42,47)(H,48,49);6-7,9-12,15-17,20H,8,13-14,18-19H2,1-5H3,(H,37,41);8,10-11,13-16,18-19H,7,9,12,17,20H2,1-6H3,(H,37,40). The van der Waals surface area contributed by atoms with E-state index in [1.54, 1.807) is 6.07 Å². The van der Waals surface area contributed by atoms with Crippen molar-refractivity contribution in [2.24, 2.45) is 21.1 Å². The number of allylic oxidation sites excluding steroid dienone is 3. The molecule has 4 aliphatic rings. The second-order valence-electron chi connectivity index (χ2n) is 35.4. The summed E-state index contributed by atoms with van der Waals surface area (Å²) in [6.45, 7) is 31.6. The number of aromatic nitrogens is 6. The SMILES string of the molecule is CCc1ccc(NC(=O)C2=C(CCCOc3cc(C)c(Cl)c(C)c3)c3cccc(-c4c(C)nn(C)c4C)c3C2)cc1.Cc1cc(OCCCC2=C(C(=O)Nc3cc(C(=O)O)cc(N4CCN(C)CC4)c3)Cc3c2ccc(Cl)c3-c2c(C)nn(C)c2C)cc(C)c1Cl.Cc1cc(OCCCC2=C(C(=O)Nc3cccc(COC=O)c3)Cc3c2cccc3-c2c(C)nn(C)c2C)cc(C)c1Cl. The third-order valence-corrected chi connectivity index (χ3v) is 28.1. The van der Waals surface area contributed by atoms with E-state index in [2.05, 4.69) is 124 Å². The zero-order valence-electron chi connectivity index (χ0n) is 79.5. The van der Waals surface area contributed by atoms with Crippen LogP contribution in [0.2, 0.25) is 20.1 Å². The minimum atomic E-state index is -1.04. The molecule has 0 unspecified atom stereocenters. The Balaban J connectivity index is 0.000000162. The summed E-state index contributed by atoms with van der Waals surface area (Å²) in [6, 6.07) is 48.9. The van der Waals surface area contributed by atoms with Gasteiger partial charge in [-0.3, -0.25) is 33.2 Å². The predicted octanol–water partition coefficient (Wildman–Crippen LogP) is 23.7. The van der Waals surface area contributed by atoms with Crippen LogP contribution in [-0.2, 0) is 77.3 Å². The van der Waals surface area contributed by atoms with Gasteiger partial charge in [-0.15, -0.1) is 0 Å². The first kappa shape index (κ1) is 97.5. The van der Waals surface area contributed by atoms with E-state index >= 15 is 0 Å². The fraction of sp³-hybridized carbons (Fsp3) is 0.321. The molecule has 16 rings (SSSR count). The number of aryl methyl sites for hydroxylation is 13. The van der Waals surface area contributed by atoms with E-state index in [-0.39, 0.29) is 29.9 Å². The molecule has 0 atom stereocenters. The van der Waals surface area contributed by atoms with E-state index < -0.39 is 5.97 Å². The van der Waals surface area contributed by atoms with Gasteiger partial charge in [0.25, 0.3) is 24.2 Å². The molecule has 1 aliphatic heterocycles.